The summed E-state index contributed by atoms with van der Waals surface area (Å²) in [5.74, 6) is -0.504. The Labute approximate surface area is 251 Å². The summed E-state index contributed by atoms with van der Waals surface area (Å²) in [5.41, 5.74) is 1.83. The van der Waals surface area contributed by atoms with Crippen molar-refractivity contribution < 1.29 is 22.7 Å². The van der Waals surface area contributed by atoms with Crippen molar-refractivity contribution in [1.29, 1.82) is 0 Å². The van der Waals surface area contributed by atoms with Crippen molar-refractivity contribution in [2.24, 2.45) is 0 Å². The van der Waals surface area contributed by atoms with Crippen molar-refractivity contribution in [2.45, 2.75) is 23.9 Å². The highest BCUT2D eigenvalue weighted by Gasteiger charge is 2.34. The molecule has 0 unspecified atom stereocenters. The van der Waals surface area contributed by atoms with Crippen LogP contribution in [0.3, 0.4) is 0 Å². The molecule has 0 aliphatic carbocycles. The molecule has 4 rings (SSSR count). The van der Waals surface area contributed by atoms with E-state index in [0.29, 0.717) is 10.8 Å². The van der Waals surface area contributed by atoms with Gasteiger partial charge in [-0.2, -0.15) is 0 Å². The van der Waals surface area contributed by atoms with Gasteiger partial charge < -0.3 is 15.0 Å². The number of halogens is 1. The molecular weight excluding hydrogens is 574 g/mol. The fraction of sp³-hybridized carbons (Fsp3) is 0.188. The molecule has 0 radical (unpaired) electrons. The Morgan fingerprint density at radius 1 is 0.857 bits per heavy atom. The van der Waals surface area contributed by atoms with Gasteiger partial charge in [-0.3, -0.25) is 13.9 Å². The van der Waals surface area contributed by atoms with Gasteiger partial charge in [0.25, 0.3) is 10.0 Å². The molecule has 0 saturated heterocycles. The minimum Gasteiger partial charge on any atom is -0.497 e. The summed E-state index contributed by atoms with van der Waals surface area (Å²) in [6, 6.07) is 29.8. The predicted octanol–water partition coefficient (Wildman–Crippen LogP) is 4.93. The predicted molar refractivity (Wildman–Crippen MR) is 164 cm³/mol. The van der Waals surface area contributed by atoms with Crippen LogP contribution in [-0.2, 0) is 32.6 Å². The molecule has 0 fully saturated rings. The standard InChI is InChI=1S/C32H32ClN3O5S/c1-34-32(38)30(20-24-10-5-3-6-11-24)35(22-25-16-18-26(33)19-17-25)31(37)23-36(27-12-9-13-28(21-27)41-2)42(39,40)29-14-7-4-8-15-29/h3-19,21,30H,20,22-23H2,1-2H3,(H,34,38)/t30-/m0/s1. The molecule has 42 heavy (non-hydrogen) atoms. The molecule has 218 valence electrons. The number of methoxy groups -OCH3 is 1. The monoisotopic (exact) mass is 605 g/mol. The van der Waals surface area contributed by atoms with E-state index in [1.807, 2.05) is 30.3 Å². The van der Waals surface area contributed by atoms with Crippen molar-refractivity contribution in [3.05, 3.63) is 125 Å². The van der Waals surface area contributed by atoms with Gasteiger partial charge in [0.05, 0.1) is 17.7 Å². The van der Waals surface area contributed by atoms with Crippen molar-refractivity contribution in [3.8, 4) is 5.75 Å². The summed E-state index contributed by atoms with van der Waals surface area (Å²) in [7, 11) is -1.20. The average molecular weight is 606 g/mol. The second kappa shape index (κ2) is 14.0. The highest BCUT2D eigenvalue weighted by atomic mass is 35.5. The molecule has 4 aromatic carbocycles. The molecule has 10 heteroatoms. The molecule has 1 N–H and O–H groups in total. The van der Waals surface area contributed by atoms with Crippen molar-refractivity contribution in [1.82, 2.24) is 10.2 Å². The van der Waals surface area contributed by atoms with Crippen molar-refractivity contribution >= 4 is 39.1 Å². The third kappa shape index (κ3) is 7.48. The highest BCUT2D eigenvalue weighted by Crippen LogP contribution is 2.28. The minimum absolute atomic E-state index is 0.0250. The fourth-order valence-corrected chi connectivity index (χ4v) is 6.07. The number of nitrogens with zero attached hydrogens (tertiary/aromatic N) is 2. The molecular formula is C32H32ClN3O5S. The van der Waals surface area contributed by atoms with Gasteiger partial charge in [0.15, 0.2) is 0 Å². The van der Waals surface area contributed by atoms with Crippen LogP contribution in [0.1, 0.15) is 11.1 Å². The molecule has 8 nitrogen and oxygen atoms in total. The number of rotatable bonds is 12. The Balaban J connectivity index is 1.79. The highest BCUT2D eigenvalue weighted by molar-refractivity contribution is 7.92. The lowest BCUT2D eigenvalue weighted by atomic mass is 10.0. The SMILES string of the molecule is CNC(=O)[C@H](Cc1ccccc1)N(Cc1ccc(Cl)cc1)C(=O)CN(c1cccc(OC)c1)S(=O)(=O)c1ccccc1. The average Bonchev–Trinajstić information content (AvgIpc) is 3.02. The number of hydrogen-bond acceptors (Lipinski definition) is 5. The Bertz CT molecular complexity index is 1600. The topological polar surface area (TPSA) is 96.0 Å². The maximum Gasteiger partial charge on any atom is 0.264 e. The summed E-state index contributed by atoms with van der Waals surface area (Å²) in [6.07, 6.45) is 0.227. The number of hydrogen-bond donors (Lipinski definition) is 1. The van der Waals surface area contributed by atoms with E-state index in [-0.39, 0.29) is 29.5 Å². The smallest absolute Gasteiger partial charge is 0.264 e. The molecule has 0 aliphatic rings. The number of sulfonamides is 1. The lowest BCUT2D eigenvalue weighted by Gasteiger charge is -2.33. The van der Waals surface area contributed by atoms with Gasteiger partial charge in [0, 0.05) is 31.1 Å². The summed E-state index contributed by atoms with van der Waals surface area (Å²) in [5, 5.41) is 3.20. The van der Waals surface area contributed by atoms with Crippen LogP contribution in [-0.4, -0.2) is 51.9 Å². The summed E-state index contributed by atoms with van der Waals surface area (Å²) in [6.45, 7) is -0.501. The van der Waals surface area contributed by atoms with Crippen LogP contribution >= 0.6 is 11.6 Å². The fourth-order valence-electron chi connectivity index (χ4n) is 4.52. The van der Waals surface area contributed by atoms with Crippen LogP contribution < -0.4 is 14.4 Å². The first-order valence-corrected chi connectivity index (χ1v) is 15.1. The van der Waals surface area contributed by atoms with Crippen LogP contribution in [0.25, 0.3) is 0 Å². The van der Waals surface area contributed by atoms with E-state index >= 15 is 0 Å². The van der Waals surface area contributed by atoms with Crippen LogP contribution in [0.5, 0.6) is 5.75 Å². The number of carbonyl (C=O) groups excluding carboxylic acids is 2. The third-order valence-electron chi connectivity index (χ3n) is 6.74. The number of nitrogens with one attached hydrogen (secondary N) is 1. The number of ether oxygens (including phenoxy) is 1. The lowest BCUT2D eigenvalue weighted by molar-refractivity contribution is -0.139. The first-order valence-electron chi connectivity index (χ1n) is 13.2. The van der Waals surface area contributed by atoms with Crippen LogP contribution in [0.4, 0.5) is 5.69 Å². The molecule has 0 aliphatic heterocycles. The summed E-state index contributed by atoms with van der Waals surface area (Å²) in [4.78, 5) is 29.0. The van der Waals surface area contributed by atoms with E-state index in [2.05, 4.69) is 5.32 Å². The third-order valence-corrected chi connectivity index (χ3v) is 8.78. The van der Waals surface area contributed by atoms with E-state index in [1.54, 1.807) is 66.7 Å². The van der Waals surface area contributed by atoms with Crippen LogP contribution in [0.15, 0.2) is 114 Å². The minimum atomic E-state index is -4.18. The Morgan fingerprint density at radius 3 is 2.12 bits per heavy atom. The van der Waals surface area contributed by atoms with E-state index in [0.717, 1.165) is 15.4 Å². The maximum absolute atomic E-state index is 14.3. The Kier molecular flexibility index (Phi) is 10.2. The zero-order valence-corrected chi connectivity index (χ0v) is 24.9. The van der Waals surface area contributed by atoms with Gasteiger partial charge >= 0.3 is 0 Å². The van der Waals surface area contributed by atoms with Crippen molar-refractivity contribution in [3.63, 3.8) is 0 Å². The zero-order valence-electron chi connectivity index (χ0n) is 23.3. The van der Waals surface area contributed by atoms with Gasteiger partial charge in [0.1, 0.15) is 18.3 Å². The summed E-state index contributed by atoms with van der Waals surface area (Å²) >= 11 is 6.10. The Hall–Kier alpha value is -4.34. The molecule has 0 spiro atoms. The van der Waals surface area contributed by atoms with E-state index in [9.17, 15) is 18.0 Å². The van der Waals surface area contributed by atoms with E-state index < -0.39 is 28.5 Å². The largest absolute Gasteiger partial charge is 0.497 e. The van der Waals surface area contributed by atoms with Gasteiger partial charge in [-0.15, -0.1) is 0 Å². The van der Waals surface area contributed by atoms with Crippen LogP contribution in [0, 0.1) is 0 Å². The summed E-state index contributed by atoms with van der Waals surface area (Å²) < 4.78 is 34.3. The molecule has 0 bridgehead atoms. The van der Waals surface area contributed by atoms with Gasteiger partial charge in [-0.05, 0) is 47.5 Å². The van der Waals surface area contributed by atoms with E-state index in [1.165, 1.54) is 31.2 Å². The maximum atomic E-state index is 14.3. The molecule has 0 saturated carbocycles. The zero-order chi connectivity index (χ0) is 30.1. The first-order chi connectivity index (χ1) is 20.2. The molecule has 4 aromatic rings. The van der Waals surface area contributed by atoms with Gasteiger partial charge in [-0.1, -0.05) is 78.3 Å². The first kappa shape index (κ1) is 30.6. The quantitative estimate of drug-likeness (QED) is 0.247. The lowest BCUT2D eigenvalue weighted by Crippen LogP contribution is -2.53. The number of carbonyl (C=O) groups is 2. The molecule has 0 aromatic heterocycles. The molecule has 0 heterocycles. The number of amides is 2. The molecule has 1 atom stereocenters. The number of benzene rings is 4. The van der Waals surface area contributed by atoms with Gasteiger partial charge in [0.2, 0.25) is 11.8 Å². The Morgan fingerprint density at radius 2 is 1.50 bits per heavy atom. The number of likely N-dealkylation sites (N-methyl/N-ethyl adjacent to an activating group) is 1. The molecule has 2 amide bonds. The van der Waals surface area contributed by atoms with Crippen molar-refractivity contribution in [2.75, 3.05) is 25.0 Å². The van der Waals surface area contributed by atoms with Crippen LogP contribution in [0.2, 0.25) is 5.02 Å². The number of anilines is 1. The van der Waals surface area contributed by atoms with Gasteiger partial charge in [-0.25, -0.2) is 8.42 Å². The second-order valence-electron chi connectivity index (χ2n) is 9.49. The second-order valence-corrected chi connectivity index (χ2v) is 11.8. The normalized spacial score (nSPS) is 11.8. The van der Waals surface area contributed by atoms with E-state index in [4.69, 9.17) is 16.3 Å².